The summed E-state index contributed by atoms with van der Waals surface area (Å²) in [6, 6.07) is 1.92. The Kier molecular flexibility index (Phi) is 6.26. The molecule has 1 fully saturated rings. The molecule has 0 radical (unpaired) electrons. The molecule has 1 aromatic heterocycles. The molecule has 6 nitrogen and oxygen atoms in total. The number of carbonyl (C=O) groups is 2. The quantitative estimate of drug-likeness (QED) is 0.705. The minimum atomic E-state index is -1.50. The number of hydrogen-bond acceptors (Lipinski definition) is 3. The number of aliphatic carboxylic acids is 1. The van der Waals surface area contributed by atoms with Crippen LogP contribution in [0.25, 0.3) is 0 Å². The lowest BCUT2D eigenvalue weighted by Crippen LogP contribution is -2.38. The number of hydrogen-bond donors (Lipinski definition) is 1. The second-order valence-corrected chi connectivity index (χ2v) is 8.87. The molecule has 0 unspecified atom stereocenters. The highest BCUT2D eigenvalue weighted by molar-refractivity contribution is 5.77. The van der Waals surface area contributed by atoms with Gasteiger partial charge in [0.2, 0.25) is 5.91 Å². The van der Waals surface area contributed by atoms with Crippen molar-refractivity contribution in [1.29, 1.82) is 0 Å². The van der Waals surface area contributed by atoms with E-state index in [0.717, 1.165) is 41.9 Å². The number of halogens is 3. The Bertz CT molecular complexity index is 1020. The number of fused-ring (bicyclic) bond motifs is 1. The van der Waals surface area contributed by atoms with Crippen molar-refractivity contribution < 1.29 is 27.9 Å². The van der Waals surface area contributed by atoms with Gasteiger partial charge in [0, 0.05) is 13.0 Å². The molecular weight excluding hydrogens is 423 g/mol. The Balaban J connectivity index is 1.44. The maximum atomic E-state index is 13.6. The van der Waals surface area contributed by atoms with Crippen LogP contribution in [0.2, 0.25) is 0 Å². The van der Waals surface area contributed by atoms with Crippen molar-refractivity contribution in [1.82, 2.24) is 14.7 Å². The molecule has 2 heterocycles. The molecule has 172 valence electrons. The third-order valence-corrected chi connectivity index (χ3v) is 6.73. The monoisotopic (exact) mass is 449 g/mol. The summed E-state index contributed by atoms with van der Waals surface area (Å²) in [5, 5.41) is 13.6. The summed E-state index contributed by atoms with van der Waals surface area (Å²) in [5.41, 5.74) is 2.91. The van der Waals surface area contributed by atoms with E-state index in [1.54, 1.807) is 9.58 Å². The van der Waals surface area contributed by atoms with Gasteiger partial charge in [0.15, 0.2) is 17.5 Å². The first-order chi connectivity index (χ1) is 15.2. The Labute approximate surface area is 184 Å². The lowest BCUT2D eigenvalue weighted by Gasteiger charge is -2.31. The third kappa shape index (κ3) is 4.52. The van der Waals surface area contributed by atoms with Gasteiger partial charge in [-0.3, -0.25) is 14.3 Å². The van der Waals surface area contributed by atoms with Crippen molar-refractivity contribution in [3.63, 3.8) is 0 Å². The molecular formula is C23H26F3N3O3. The first kappa shape index (κ1) is 22.4. The number of carboxylic acid groups (broad SMARTS) is 1. The van der Waals surface area contributed by atoms with Gasteiger partial charge in [-0.05, 0) is 68.2 Å². The number of nitrogens with zero attached hydrogens (tertiary/aromatic N) is 3. The molecule has 1 aliphatic carbocycles. The highest BCUT2D eigenvalue weighted by Gasteiger charge is 2.31. The van der Waals surface area contributed by atoms with Crippen molar-refractivity contribution >= 4 is 11.9 Å². The van der Waals surface area contributed by atoms with E-state index in [4.69, 9.17) is 5.11 Å². The fourth-order valence-electron chi connectivity index (χ4n) is 4.88. The van der Waals surface area contributed by atoms with E-state index in [1.165, 1.54) is 0 Å². The van der Waals surface area contributed by atoms with Gasteiger partial charge in [0.1, 0.15) is 0 Å². The smallest absolute Gasteiger partial charge is 0.306 e. The van der Waals surface area contributed by atoms with E-state index in [0.29, 0.717) is 38.8 Å². The molecule has 0 atom stereocenters. The molecule has 1 N–H and O–H groups in total. The number of aromatic nitrogens is 2. The average Bonchev–Trinajstić information content (AvgIpc) is 3.07. The van der Waals surface area contributed by atoms with E-state index in [2.05, 4.69) is 5.10 Å². The van der Waals surface area contributed by atoms with Gasteiger partial charge < -0.3 is 10.0 Å². The van der Waals surface area contributed by atoms with E-state index in [-0.39, 0.29) is 29.9 Å². The number of carbonyl (C=O) groups excluding carboxylic acids is 1. The Hall–Kier alpha value is -2.84. The number of amides is 1. The van der Waals surface area contributed by atoms with Crippen molar-refractivity contribution in [3.05, 3.63) is 52.1 Å². The average molecular weight is 449 g/mol. The van der Waals surface area contributed by atoms with Crippen LogP contribution in [-0.2, 0) is 29.1 Å². The minimum absolute atomic E-state index is 0.0266. The predicted octanol–water partition coefficient (Wildman–Crippen LogP) is 3.82. The molecule has 1 aliphatic heterocycles. The summed E-state index contributed by atoms with van der Waals surface area (Å²) in [4.78, 5) is 25.8. The zero-order valence-electron chi connectivity index (χ0n) is 17.9. The molecule has 9 heteroatoms. The Morgan fingerprint density at radius 1 is 1.12 bits per heavy atom. The topological polar surface area (TPSA) is 75.4 Å². The van der Waals surface area contributed by atoms with Crippen molar-refractivity contribution in [2.24, 2.45) is 11.8 Å². The third-order valence-electron chi connectivity index (χ3n) is 6.73. The molecule has 0 bridgehead atoms. The second kappa shape index (κ2) is 8.96. The van der Waals surface area contributed by atoms with Crippen molar-refractivity contribution in [2.75, 3.05) is 6.54 Å². The first-order valence-corrected chi connectivity index (χ1v) is 10.9. The van der Waals surface area contributed by atoms with E-state index >= 15 is 0 Å². The maximum Gasteiger partial charge on any atom is 0.306 e. The SMILES string of the molecule is Cc1nn(Cc2cc(F)c(F)c(F)c2)c2c1CCN(C(=O)C[C@H]1CC[C@H](C(=O)O)CC1)C2. The lowest BCUT2D eigenvalue weighted by molar-refractivity contribution is -0.143. The summed E-state index contributed by atoms with van der Waals surface area (Å²) in [7, 11) is 0. The van der Waals surface area contributed by atoms with Crippen LogP contribution in [0.1, 0.15) is 54.6 Å². The summed E-state index contributed by atoms with van der Waals surface area (Å²) < 4.78 is 42.1. The molecule has 4 rings (SSSR count). The number of benzene rings is 1. The fourth-order valence-corrected chi connectivity index (χ4v) is 4.88. The van der Waals surface area contributed by atoms with E-state index in [1.807, 2.05) is 6.92 Å². The predicted molar refractivity (Wildman–Crippen MR) is 109 cm³/mol. The van der Waals surface area contributed by atoms with Crippen LogP contribution in [-0.4, -0.2) is 38.2 Å². The van der Waals surface area contributed by atoms with Crippen LogP contribution >= 0.6 is 0 Å². The second-order valence-electron chi connectivity index (χ2n) is 8.87. The fraction of sp³-hybridized carbons (Fsp3) is 0.522. The standard InChI is InChI=1S/C23H26F3N3O3/c1-13-17-6-7-28(21(30)10-14-2-4-16(5-3-14)23(31)32)12-20(17)29(27-13)11-15-8-18(24)22(26)19(25)9-15/h8-9,14,16H,2-7,10-12H2,1H3,(H,31,32)/t14-,16-. The first-order valence-electron chi connectivity index (χ1n) is 10.9. The van der Waals surface area contributed by atoms with Crippen LogP contribution in [0.3, 0.4) is 0 Å². The van der Waals surface area contributed by atoms with Gasteiger partial charge in [0.05, 0.1) is 30.4 Å². The minimum Gasteiger partial charge on any atom is -0.481 e. The Morgan fingerprint density at radius 3 is 2.41 bits per heavy atom. The van der Waals surface area contributed by atoms with Gasteiger partial charge >= 0.3 is 5.97 Å². The van der Waals surface area contributed by atoms with Crippen LogP contribution in [0.15, 0.2) is 12.1 Å². The molecule has 1 saturated carbocycles. The van der Waals surface area contributed by atoms with Crippen molar-refractivity contribution in [2.45, 2.75) is 58.5 Å². The molecule has 1 amide bonds. The zero-order chi connectivity index (χ0) is 23.0. The molecule has 2 aliphatic rings. The highest BCUT2D eigenvalue weighted by atomic mass is 19.2. The lowest BCUT2D eigenvalue weighted by atomic mass is 9.80. The molecule has 2 aromatic rings. The summed E-state index contributed by atoms with van der Waals surface area (Å²) >= 11 is 0. The van der Waals surface area contributed by atoms with Gasteiger partial charge in [-0.1, -0.05) is 0 Å². The van der Waals surface area contributed by atoms with Gasteiger partial charge in [-0.2, -0.15) is 5.10 Å². The van der Waals surface area contributed by atoms with Crippen LogP contribution < -0.4 is 0 Å². The van der Waals surface area contributed by atoms with Crippen LogP contribution in [0.4, 0.5) is 13.2 Å². The van der Waals surface area contributed by atoms with Gasteiger partial charge in [-0.15, -0.1) is 0 Å². The summed E-state index contributed by atoms with van der Waals surface area (Å²) in [5.74, 6) is -4.84. The molecule has 1 aromatic carbocycles. The van der Waals surface area contributed by atoms with Gasteiger partial charge in [-0.25, -0.2) is 13.2 Å². The van der Waals surface area contributed by atoms with E-state index in [9.17, 15) is 22.8 Å². The van der Waals surface area contributed by atoms with Crippen LogP contribution in [0.5, 0.6) is 0 Å². The number of rotatable bonds is 5. The highest BCUT2D eigenvalue weighted by Crippen LogP contribution is 2.32. The molecule has 0 saturated heterocycles. The largest absolute Gasteiger partial charge is 0.481 e. The number of carboxylic acids is 1. The normalized spacial score (nSPS) is 20.8. The number of aryl methyl sites for hydroxylation is 1. The molecule has 0 spiro atoms. The summed E-state index contributed by atoms with van der Waals surface area (Å²) in [6.45, 7) is 2.86. The van der Waals surface area contributed by atoms with Crippen LogP contribution in [0, 0.1) is 36.2 Å². The maximum absolute atomic E-state index is 13.6. The Morgan fingerprint density at radius 2 is 1.78 bits per heavy atom. The zero-order valence-corrected chi connectivity index (χ0v) is 17.9. The summed E-state index contributed by atoms with van der Waals surface area (Å²) in [6.07, 6.45) is 3.72. The van der Waals surface area contributed by atoms with Crippen molar-refractivity contribution in [3.8, 4) is 0 Å². The van der Waals surface area contributed by atoms with Gasteiger partial charge in [0.25, 0.3) is 0 Å². The molecule has 32 heavy (non-hydrogen) atoms. The van der Waals surface area contributed by atoms with E-state index < -0.39 is 23.4 Å².